The molecule has 2 aromatic rings. The zero-order valence-electron chi connectivity index (χ0n) is 16.4. The van der Waals surface area contributed by atoms with E-state index in [1.54, 1.807) is 44.4 Å². The van der Waals surface area contributed by atoms with Crippen molar-refractivity contribution in [3.05, 3.63) is 59.2 Å². The molecule has 0 saturated carbocycles. The Morgan fingerprint density at radius 3 is 2.43 bits per heavy atom. The molecule has 0 radical (unpaired) electrons. The number of aliphatic carboxylic acids is 1. The van der Waals surface area contributed by atoms with E-state index in [1.165, 1.54) is 0 Å². The first-order valence-electron chi connectivity index (χ1n) is 9.03. The predicted octanol–water partition coefficient (Wildman–Crippen LogP) is 2.97. The van der Waals surface area contributed by atoms with E-state index in [4.69, 9.17) is 20.6 Å². The van der Waals surface area contributed by atoms with Crippen LogP contribution in [0.2, 0.25) is 0 Å². The van der Waals surface area contributed by atoms with Gasteiger partial charge in [-0.05, 0) is 55.3 Å². The summed E-state index contributed by atoms with van der Waals surface area (Å²) in [5, 5.41) is 20.6. The van der Waals surface area contributed by atoms with E-state index < -0.39 is 11.5 Å². The average molecular weight is 385 g/mol. The summed E-state index contributed by atoms with van der Waals surface area (Å²) in [7, 11) is 1.58. The van der Waals surface area contributed by atoms with Crippen LogP contribution in [0, 0.1) is 5.41 Å². The second kappa shape index (κ2) is 9.23. The Labute approximate surface area is 165 Å². The van der Waals surface area contributed by atoms with Gasteiger partial charge in [-0.25, -0.2) is 4.79 Å². The molecule has 1 unspecified atom stereocenters. The summed E-state index contributed by atoms with van der Waals surface area (Å²) >= 11 is 0. The first kappa shape index (κ1) is 21.2. The van der Waals surface area contributed by atoms with Crippen molar-refractivity contribution in [1.29, 1.82) is 5.41 Å². The van der Waals surface area contributed by atoms with Crippen LogP contribution in [-0.4, -0.2) is 37.2 Å². The third-order valence-corrected chi connectivity index (χ3v) is 4.55. The van der Waals surface area contributed by atoms with E-state index in [1.807, 2.05) is 19.1 Å². The molecular weight excluding hydrogens is 358 g/mol. The Morgan fingerprint density at radius 2 is 1.89 bits per heavy atom. The molecule has 5 N–H and O–H groups in total. The Bertz CT molecular complexity index is 836. The molecule has 7 heteroatoms. The number of aryl methyl sites for hydroxylation is 1. The fraction of sp³-hybridized carbons (Fsp3) is 0.333. The number of carboxylic acid groups (broad SMARTS) is 1. The lowest BCUT2D eigenvalue weighted by Gasteiger charge is -2.30. The summed E-state index contributed by atoms with van der Waals surface area (Å²) in [5.41, 5.74) is 6.77. The number of benzene rings is 2. The van der Waals surface area contributed by atoms with Gasteiger partial charge in [0.25, 0.3) is 0 Å². The van der Waals surface area contributed by atoms with Crippen molar-refractivity contribution in [3.8, 4) is 5.75 Å². The summed E-state index contributed by atoms with van der Waals surface area (Å²) in [6, 6.07) is 12.3. The van der Waals surface area contributed by atoms with Gasteiger partial charge in [0.05, 0.1) is 6.61 Å². The molecule has 0 heterocycles. The fourth-order valence-corrected chi connectivity index (χ4v) is 2.81. The monoisotopic (exact) mass is 385 g/mol. The van der Waals surface area contributed by atoms with Gasteiger partial charge in [0, 0.05) is 23.9 Å². The zero-order chi connectivity index (χ0) is 20.7. The lowest BCUT2D eigenvalue weighted by Crippen LogP contribution is -2.41. The SMILES string of the molecule is CCc1ccc(OCCOC)c(C(C)(Nc2ccc(C(=N)N)cc2)C(=O)O)c1. The number of nitrogens with one attached hydrogen (secondary N) is 2. The molecule has 150 valence electrons. The van der Waals surface area contributed by atoms with Crippen LogP contribution < -0.4 is 15.8 Å². The topological polar surface area (TPSA) is 118 Å². The largest absolute Gasteiger partial charge is 0.491 e. The molecule has 0 aliphatic heterocycles. The number of nitrogen functional groups attached to an aromatic ring is 1. The maximum absolute atomic E-state index is 12.3. The molecule has 0 fully saturated rings. The third-order valence-electron chi connectivity index (χ3n) is 4.55. The van der Waals surface area contributed by atoms with Gasteiger partial charge in [-0.2, -0.15) is 0 Å². The summed E-state index contributed by atoms with van der Waals surface area (Å²) < 4.78 is 10.8. The molecular formula is C21H27N3O4. The first-order chi connectivity index (χ1) is 13.3. The standard InChI is InChI=1S/C21H27N3O4/c1-4-14-5-10-18(28-12-11-27-3)17(13-14)21(2,20(25)26)24-16-8-6-15(7-9-16)19(22)23/h5-10,13,24H,4,11-12H2,1-3H3,(H3,22,23)(H,25,26). The van der Waals surface area contributed by atoms with Crippen molar-refractivity contribution in [2.24, 2.45) is 5.73 Å². The molecule has 0 aromatic heterocycles. The minimum atomic E-state index is -1.43. The Hall–Kier alpha value is -3.06. The van der Waals surface area contributed by atoms with E-state index in [9.17, 15) is 9.90 Å². The van der Waals surface area contributed by atoms with Gasteiger partial charge >= 0.3 is 5.97 Å². The van der Waals surface area contributed by atoms with Crippen molar-refractivity contribution in [2.45, 2.75) is 25.8 Å². The second-order valence-electron chi connectivity index (χ2n) is 6.57. The van der Waals surface area contributed by atoms with Gasteiger partial charge in [0.2, 0.25) is 0 Å². The summed E-state index contributed by atoms with van der Waals surface area (Å²) in [4.78, 5) is 12.3. The molecule has 1 atom stereocenters. The molecule has 7 nitrogen and oxygen atoms in total. The Kier molecular flexibility index (Phi) is 7.00. The van der Waals surface area contributed by atoms with Gasteiger partial charge < -0.3 is 25.6 Å². The number of anilines is 1. The number of nitrogens with two attached hydrogens (primary N) is 1. The van der Waals surface area contributed by atoms with Gasteiger partial charge in [-0.15, -0.1) is 0 Å². The number of hydrogen-bond acceptors (Lipinski definition) is 5. The summed E-state index contributed by atoms with van der Waals surface area (Å²) in [6.07, 6.45) is 0.772. The molecule has 28 heavy (non-hydrogen) atoms. The minimum Gasteiger partial charge on any atom is -0.491 e. The van der Waals surface area contributed by atoms with Gasteiger partial charge in [0.15, 0.2) is 5.54 Å². The summed E-state index contributed by atoms with van der Waals surface area (Å²) in [5.74, 6) is -0.586. The number of rotatable bonds is 10. The smallest absolute Gasteiger partial charge is 0.333 e. The van der Waals surface area contributed by atoms with Crippen LogP contribution in [0.25, 0.3) is 0 Å². The summed E-state index contributed by atoms with van der Waals surface area (Å²) in [6.45, 7) is 4.33. The molecule has 0 bridgehead atoms. The molecule has 0 amide bonds. The normalized spacial score (nSPS) is 12.8. The van der Waals surface area contributed by atoms with Crippen molar-refractivity contribution in [1.82, 2.24) is 0 Å². The Balaban J connectivity index is 2.44. The number of carboxylic acids is 1. The van der Waals surface area contributed by atoms with Crippen molar-refractivity contribution in [3.63, 3.8) is 0 Å². The highest BCUT2D eigenvalue weighted by Gasteiger charge is 2.38. The van der Waals surface area contributed by atoms with Gasteiger partial charge in [-0.3, -0.25) is 5.41 Å². The van der Waals surface area contributed by atoms with Crippen LogP contribution in [0.4, 0.5) is 5.69 Å². The van der Waals surface area contributed by atoms with Crippen LogP contribution in [0.1, 0.15) is 30.5 Å². The predicted molar refractivity (Wildman–Crippen MR) is 109 cm³/mol. The van der Waals surface area contributed by atoms with E-state index in [0.29, 0.717) is 35.8 Å². The van der Waals surface area contributed by atoms with E-state index in [2.05, 4.69) is 5.32 Å². The quantitative estimate of drug-likeness (QED) is 0.284. The highest BCUT2D eigenvalue weighted by Crippen LogP contribution is 2.35. The third kappa shape index (κ3) is 4.80. The minimum absolute atomic E-state index is 0.0444. The van der Waals surface area contributed by atoms with E-state index in [0.717, 1.165) is 12.0 Å². The average Bonchev–Trinajstić information content (AvgIpc) is 2.68. The number of methoxy groups -OCH3 is 1. The molecule has 0 aliphatic carbocycles. The maximum atomic E-state index is 12.3. The lowest BCUT2D eigenvalue weighted by molar-refractivity contribution is -0.142. The highest BCUT2D eigenvalue weighted by molar-refractivity contribution is 5.95. The molecule has 0 saturated heterocycles. The van der Waals surface area contributed by atoms with Crippen LogP contribution in [-0.2, 0) is 21.5 Å². The molecule has 2 aromatic carbocycles. The number of ether oxygens (including phenoxy) is 2. The lowest BCUT2D eigenvalue weighted by atomic mass is 9.89. The van der Waals surface area contributed by atoms with Crippen molar-refractivity contribution < 1.29 is 19.4 Å². The van der Waals surface area contributed by atoms with Gasteiger partial charge in [-0.1, -0.05) is 13.0 Å². The van der Waals surface area contributed by atoms with Crippen LogP contribution in [0.3, 0.4) is 0 Å². The highest BCUT2D eigenvalue weighted by atomic mass is 16.5. The zero-order valence-corrected chi connectivity index (χ0v) is 16.4. The van der Waals surface area contributed by atoms with E-state index >= 15 is 0 Å². The second-order valence-corrected chi connectivity index (χ2v) is 6.57. The fourth-order valence-electron chi connectivity index (χ4n) is 2.81. The van der Waals surface area contributed by atoms with Crippen LogP contribution in [0.5, 0.6) is 5.75 Å². The molecule has 0 aliphatic rings. The van der Waals surface area contributed by atoms with E-state index in [-0.39, 0.29) is 5.84 Å². The van der Waals surface area contributed by atoms with Crippen molar-refractivity contribution >= 4 is 17.5 Å². The van der Waals surface area contributed by atoms with Gasteiger partial charge in [0.1, 0.15) is 18.2 Å². The number of amidine groups is 1. The first-order valence-corrected chi connectivity index (χ1v) is 9.03. The molecule has 2 rings (SSSR count). The van der Waals surface area contributed by atoms with Crippen LogP contribution in [0.15, 0.2) is 42.5 Å². The van der Waals surface area contributed by atoms with Crippen LogP contribution >= 0.6 is 0 Å². The number of carbonyl (C=O) groups is 1. The maximum Gasteiger partial charge on any atom is 0.333 e. The molecule has 0 spiro atoms. The Morgan fingerprint density at radius 1 is 1.21 bits per heavy atom. The number of hydrogen-bond donors (Lipinski definition) is 4. The van der Waals surface area contributed by atoms with Crippen molar-refractivity contribution in [2.75, 3.05) is 25.6 Å².